The average molecular weight is 295 g/mol. The van der Waals surface area contributed by atoms with Gasteiger partial charge in [0.1, 0.15) is 6.07 Å². The van der Waals surface area contributed by atoms with Gasteiger partial charge in [0.15, 0.2) is 0 Å². The van der Waals surface area contributed by atoms with E-state index >= 15 is 0 Å². The van der Waals surface area contributed by atoms with Gasteiger partial charge in [-0.25, -0.2) is 13.1 Å². The SMILES string of the molecule is CCS(=O)(=O)NCCN(C(C)=O)c1ccccc1C#N. The van der Waals surface area contributed by atoms with Crippen LogP contribution in [0.1, 0.15) is 19.4 Å². The third-order valence-electron chi connectivity index (χ3n) is 2.73. The Bertz CT molecular complexity index is 620. The largest absolute Gasteiger partial charge is 0.310 e. The Balaban J connectivity index is 2.86. The average Bonchev–Trinajstić information content (AvgIpc) is 2.43. The lowest BCUT2D eigenvalue weighted by Gasteiger charge is -2.22. The molecule has 0 unspecified atom stereocenters. The van der Waals surface area contributed by atoms with Gasteiger partial charge in [-0.15, -0.1) is 0 Å². The Morgan fingerprint density at radius 2 is 2.05 bits per heavy atom. The predicted octanol–water partition coefficient (Wildman–Crippen LogP) is 0.850. The zero-order chi connectivity index (χ0) is 15.2. The smallest absolute Gasteiger partial charge is 0.223 e. The van der Waals surface area contributed by atoms with E-state index in [9.17, 15) is 13.2 Å². The van der Waals surface area contributed by atoms with Crippen LogP contribution in [-0.2, 0) is 14.8 Å². The summed E-state index contributed by atoms with van der Waals surface area (Å²) < 4.78 is 25.1. The lowest BCUT2D eigenvalue weighted by Crippen LogP contribution is -2.38. The van der Waals surface area contributed by atoms with Gasteiger partial charge in [-0.1, -0.05) is 12.1 Å². The monoisotopic (exact) mass is 295 g/mol. The van der Waals surface area contributed by atoms with Crippen molar-refractivity contribution in [1.82, 2.24) is 4.72 Å². The molecule has 0 aliphatic heterocycles. The number of anilines is 1. The van der Waals surface area contributed by atoms with E-state index in [1.165, 1.54) is 18.7 Å². The molecule has 0 saturated carbocycles. The molecule has 0 saturated heterocycles. The fraction of sp³-hybridized carbons (Fsp3) is 0.385. The van der Waals surface area contributed by atoms with Crippen molar-refractivity contribution in [2.75, 3.05) is 23.7 Å². The molecule has 20 heavy (non-hydrogen) atoms. The van der Waals surface area contributed by atoms with Crippen LogP contribution in [0.4, 0.5) is 5.69 Å². The molecule has 0 aliphatic carbocycles. The van der Waals surface area contributed by atoms with Crippen molar-refractivity contribution in [2.45, 2.75) is 13.8 Å². The first-order chi connectivity index (χ1) is 9.41. The second kappa shape index (κ2) is 7.03. The third-order valence-corrected chi connectivity index (χ3v) is 4.14. The fourth-order valence-corrected chi connectivity index (χ4v) is 2.27. The Morgan fingerprint density at radius 1 is 1.40 bits per heavy atom. The van der Waals surface area contributed by atoms with Crippen molar-refractivity contribution in [3.63, 3.8) is 0 Å². The molecule has 0 aliphatic rings. The number of nitrogens with one attached hydrogen (secondary N) is 1. The Labute approximate surface area is 119 Å². The number of carbonyl (C=O) groups excluding carboxylic acids is 1. The summed E-state index contributed by atoms with van der Waals surface area (Å²) in [5.41, 5.74) is 0.860. The first-order valence-electron chi connectivity index (χ1n) is 6.16. The Morgan fingerprint density at radius 3 is 2.60 bits per heavy atom. The highest BCUT2D eigenvalue weighted by molar-refractivity contribution is 7.89. The summed E-state index contributed by atoms with van der Waals surface area (Å²) in [6, 6.07) is 8.72. The van der Waals surface area contributed by atoms with Gasteiger partial charge in [0.2, 0.25) is 15.9 Å². The Kier molecular flexibility index (Phi) is 5.67. The fourth-order valence-electron chi connectivity index (χ4n) is 1.67. The van der Waals surface area contributed by atoms with Crippen LogP contribution < -0.4 is 9.62 Å². The van der Waals surface area contributed by atoms with Gasteiger partial charge in [-0.05, 0) is 19.1 Å². The number of nitrogens with zero attached hydrogens (tertiary/aromatic N) is 2. The number of hydrogen-bond donors (Lipinski definition) is 1. The molecule has 0 heterocycles. The molecule has 1 aromatic rings. The normalized spacial score (nSPS) is 10.8. The minimum atomic E-state index is -3.29. The molecule has 0 spiro atoms. The van der Waals surface area contributed by atoms with E-state index < -0.39 is 10.0 Å². The number of amides is 1. The highest BCUT2D eigenvalue weighted by atomic mass is 32.2. The molecule has 0 aromatic heterocycles. The molecule has 1 rings (SSSR count). The third kappa shape index (κ3) is 4.33. The van der Waals surface area contributed by atoms with E-state index in [2.05, 4.69) is 4.72 Å². The van der Waals surface area contributed by atoms with Crippen LogP contribution in [0, 0.1) is 11.3 Å². The molecule has 0 bridgehead atoms. The molecule has 7 heteroatoms. The van der Waals surface area contributed by atoms with Crippen LogP contribution in [0.5, 0.6) is 0 Å². The van der Waals surface area contributed by atoms with Gasteiger partial charge in [-0.3, -0.25) is 4.79 Å². The lowest BCUT2D eigenvalue weighted by atomic mass is 10.1. The Hall–Kier alpha value is -1.91. The molecule has 1 N–H and O–H groups in total. The van der Waals surface area contributed by atoms with E-state index in [-0.39, 0.29) is 24.7 Å². The first-order valence-corrected chi connectivity index (χ1v) is 7.81. The molecular formula is C13H17N3O3S. The van der Waals surface area contributed by atoms with Crippen LogP contribution in [0.3, 0.4) is 0 Å². The maximum atomic E-state index is 11.7. The van der Waals surface area contributed by atoms with Gasteiger partial charge < -0.3 is 4.90 Å². The number of sulfonamides is 1. The summed E-state index contributed by atoms with van der Waals surface area (Å²) in [5.74, 6) is -0.259. The van der Waals surface area contributed by atoms with Crippen molar-refractivity contribution >= 4 is 21.6 Å². The molecule has 108 valence electrons. The quantitative estimate of drug-likeness (QED) is 0.842. The van der Waals surface area contributed by atoms with Crippen molar-refractivity contribution in [3.05, 3.63) is 29.8 Å². The van der Waals surface area contributed by atoms with E-state index in [0.29, 0.717) is 11.3 Å². The predicted molar refractivity (Wildman–Crippen MR) is 76.6 cm³/mol. The number of nitriles is 1. The van der Waals surface area contributed by atoms with E-state index in [0.717, 1.165) is 0 Å². The van der Waals surface area contributed by atoms with Crippen molar-refractivity contribution in [3.8, 4) is 6.07 Å². The number of para-hydroxylation sites is 1. The van der Waals surface area contributed by atoms with Crippen molar-refractivity contribution in [2.24, 2.45) is 0 Å². The first kappa shape index (κ1) is 16.1. The summed E-state index contributed by atoms with van der Waals surface area (Å²) >= 11 is 0. The number of hydrogen-bond acceptors (Lipinski definition) is 4. The summed E-state index contributed by atoms with van der Waals surface area (Å²) in [5, 5.41) is 9.04. The van der Waals surface area contributed by atoms with Crippen LogP contribution >= 0.6 is 0 Å². The second-order valence-corrected chi connectivity index (χ2v) is 6.19. The van der Waals surface area contributed by atoms with Crippen molar-refractivity contribution in [1.29, 1.82) is 5.26 Å². The van der Waals surface area contributed by atoms with Crippen molar-refractivity contribution < 1.29 is 13.2 Å². The van der Waals surface area contributed by atoms with Gasteiger partial charge in [0.25, 0.3) is 0 Å². The molecule has 1 amide bonds. The lowest BCUT2D eigenvalue weighted by molar-refractivity contribution is -0.116. The molecule has 6 nitrogen and oxygen atoms in total. The molecule has 0 fully saturated rings. The molecule has 0 atom stereocenters. The maximum Gasteiger partial charge on any atom is 0.223 e. The summed E-state index contributed by atoms with van der Waals surface area (Å²) in [7, 11) is -3.29. The van der Waals surface area contributed by atoms with Gasteiger partial charge in [0.05, 0.1) is 17.0 Å². The summed E-state index contributed by atoms with van der Waals surface area (Å²) in [6.45, 7) is 3.20. The van der Waals surface area contributed by atoms with Crippen LogP contribution in [0.15, 0.2) is 24.3 Å². The van der Waals surface area contributed by atoms with Gasteiger partial charge in [-0.2, -0.15) is 5.26 Å². The topological polar surface area (TPSA) is 90.3 Å². The van der Waals surface area contributed by atoms with E-state index in [1.54, 1.807) is 24.3 Å². The van der Waals surface area contributed by atoms with Crippen LogP contribution in [0.25, 0.3) is 0 Å². The zero-order valence-electron chi connectivity index (χ0n) is 11.5. The highest BCUT2D eigenvalue weighted by Gasteiger charge is 2.15. The maximum absolute atomic E-state index is 11.7. The van der Waals surface area contributed by atoms with Gasteiger partial charge >= 0.3 is 0 Å². The number of rotatable bonds is 6. The molecular weight excluding hydrogens is 278 g/mol. The number of benzene rings is 1. The minimum Gasteiger partial charge on any atom is -0.310 e. The van der Waals surface area contributed by atoms with E-state index in [1.807, 2.05) is 6.07 Å². The van der Waals surface area contributed by atoms with E-state index in [4.69, 9.17) is 5.26 Å². The van der Waals surface area contributed by atoms with Crippen LogP contribution in [0.2, 0.25) is 0 Å². The molecule has 0 radical (unpaired) electrons. The molecule has 1 aromatic carbocycles. The zero-order valence-corrected chi connectivity index (χ0v) is 12.3. The van der Waals surface area contributed by atoms with Crippen LogP contribution in [-0.4, -0.2) is 33.2 Å². The highest BCUT2D eigenvalue weighted by Crippen LogP contribution is 2.19. The number of carbonyl (C=O) groups is 1. The van der Waals surface area contributed by atoms with Gasteiger partial charge in [0, 0.05) is 20.0 Å². The summed E-state index contributed by atoms with van der Waals surface area (Å²) in [4.78, 5) is 13.1. The standard InChI is InChI=1S/C13H17N3O3S/c1-3-20(18,19)15-8-9-16(11(2)17)13-7-5-4-6-12(13)10-14/h4-7,15H,3,8-9H2,1-2H3. The minimum absolute atomic E-state index is 0.0120. The second-order valence-electron chi connectivity index (χ2n) is 4.10. The summed E-state index contributed by atoms with van der Waals surface area (Å²) in [6.07, 6.45) is 0.